The molecule has 6 nitrogen and oxygen atoms in total. The molecular formula is C21H24ClN5O. The van der Waals surface area contributed by atoms with Crippen molar-refractivity contribution < 1.29 is 4.79 Å². The molecule has 1 aromatic carbocycles. The molecule has 1 aliphatic heterocycles. The predicted molar refractivity (Wildman–Crippen MR) is 112 cm³/mol. The monoisotopic (exact) mass is 397 g/mol. The molecule has 0 radical (unpaired) electrons. The molecule has 28 heavy (non-hydrogen) atoms. The smallest absolute Gasteiger partial charge is 0.254 e. The number of carbonyl (C=O) groups is 1. The number of piperidine rings is 1. The van der Waals surface area contributed by atoms with E-state index >= 15 is 0 Å². The van der Waals surface area contributed by atoms with E-state index in [1.807, 2.05) is 38.4 Å². The fourth-order valence-electron chi connectivity index (χ4n) is 3.89. The predicted octanol–water partition coefficient (Wildman–Crippen LogP) is 3.58. The molecule has 146 valence electrons. The first-order valence-corrected chi connectivity index (χ1v) is 9.96. The number of fused-ring (bicyclic) bond motifs is 1. The number of hydrogen-bond donors (Lipinski definition) is 1. The Labute approximate surface area is 169 Å². The number of anilines is 1. The van der Waals surface area contributed by atoms with E-state index in [4.69, 9.17) is 11.6 Å². The third-order valence-electron chi connectivity index (χ3n) is 5.57. The number of halogens is 1. The molecule has 1 aliphatic rings. The summed E-state index contributed by atoms with van der Waals surface area (Å²) in [6.07, 6.45) is 5.68. The van der Waals surface area contributed by atoms with E-state index in [1.165, 1.54) is 5.69 Å². The Kier molecular flexibility index (Phi) is 5.22. The maximum atomic E-state index is 12.5. The lowest BCUT2D eigenvalue weighted by Gasteiger charge is -2.35. The second-order valence-corrected chi connectivity index (χ2v) is 7.86. The van der Waals surface area contributed by atoms with Crippen LogP contribution >= 0.6 is 11.6 Å². The van der Waals surface area contributed by atoms with Crippen LogP contribution in [0.2, 0.25) is 5.02 Å². The zero-order valence-corrected chi connectivity index (χ0v) is 16.9. The summed E-state index contributed by atoms with van der Waals surface area (Å²) in [5.41, 5.74) is 3.62. The summed E-state index contributed by atoms with van der Waals surface area (Å²) in [5, 5.41) is 9.05. The molecule has 4 rings (SSSR count). The van der Waals surface area contributed by atoms with Crippen LogP contribution in [0.5, 0.6) is 0 Å². The average Bonchev–Trinajstić information content (AvgIpc) is 3.04. The number of nitrogens with one attached hydrogen (secondary N) is 1. The van der Waals surface area contributed by atoms with Gasteiger partial charge in [-0.05, 0) is 49.9 Å². The van der Waals surface area contributed by atoms with Crippen LogP contribution in [-0.4, -0.2) is 40.3 Å². The van der Waals surface area contributed by atoms with Gasteiger partial charge in [0, 0.05) is 54.7 Å². The third-order valence-corrected chi connectivity index (χ3v) is 5.81. The molecule has 0 bridgehead atoms. The topological polar surface area (TPSA) is 63.1 Å². The summed E-state index contributed by atoms with van der Waals surface area (Å²) in [6, 6.07) is 7.91. The zero-order chi connectivity index (χ0) is 19.7. The lowest BCUT2D eigenvalue weighted by Crippen LogP contribution is -2.41. The summed E-state index contributed by atoms with van der Waals surface area (Å²) in [7, 11) is 1.84. The minimum atomic E-state index is -0.0493. The SMILES string of the molecule is Cc1c(C(=O)NCC2CCCN(c3ccnc4cc(Cl)ccc34)C2)cnn1C. The molecule has 1 unspecified atom stereocenters. The van der Waals surface area contributed by atoms with Crippen molar-refractivity contribution in [2.75, 3.05) is 24.5 Å². The van der Waals surface area contributed by atoms with Crippen molar-refractivity contribution in [2.45, 2.75) is 19.8 Å². The molecule has 0 aliphatic carbocycles. The Morgan fingerprint density at radius 1 is 1.36 bits per heavy atom. The highest BCUT2D eigenvalue weighted by Crippen LogP contribution is 2.30. The van der Waals surface area contributed by atoms with Gasteiger partial charge in [-0.3, -0.25) is 14.5 Å². The Bertz CT molecular complexity index is 1020. The lowest BCUT2D eigenvalue weighted by molar-refractivity contribution is 0.0945. The number of aromatic nitrogens is 3. The lowest BCUT2D eigenvalue weighted by atomic mass is 9.97. The summed E-state index contributed by atoms with van der Waals surface area (Å²) in [6.45, 7) is 4.49. The maximum Gasteiger partial charge on any atom is 0.254 e. The van der Waals surface area contributed by atoms with Crippen molar-refractivity contribution in [1.29, 1.82) is 0 Å². The van der Waals surface area contributed by atoms with E-state index in [-0.39, 0.29) is 5.91 Å². The molecule has 7 heteroatoms. The number of aryl methyl sites for hydroxylation is 1. The fraction of sp³-hybridized carbons (Fsp3) is 0.381. The molecule has 0 spiro atoms. The van der Waals surface area contributed by atoms with E-state index in [0.29, 0.717) is 23.0 Å². The fourth-order valence-corrected chi connectivity index (χ4v) is 4.05. The van der Waals surface area contributed by atoms with Crippen LogP contribution in [0.3, 0.4) is 0 Å². The highest BCUT2D eigenvalue weighted by Gasteiger charge is 2.23. The third kappa shape index (κ3) is 3.69. The number of benzene rings is 1. The Hall–Kier alpha value is -2.60. The van der Waals surface area contributed by atoms with Crippen LogP contribution < -0.4 is 10.2 Å². The second kappa shape index (κ2) is 7.80. The van der Waals surface area contributed by atoms with Gasteiger partial charge < -0.3 is 10.2 Å². The molecule has 1 saturated heterocycles. The van der Waals surface area contributed by atoms with Gasteiger partial charge in [0.1, 0.15) is 0 Å². The minimum Gasteiger partial charge on any atom is -0.371 e. The van der Waals surface area contributed by atoms with Gasteiger partial charge in [0.05, 0.1) is 17.3 Å². The standard InChI is InChI=1S/C21H24ClN5O/c1-14-18(12-25-26(14)2)21(28)24-11-15-4-3-9-27(13-15)20-7-8-23-19-10-16(22)5-6-17(19)20/h5-8,10,12,15H,3-4,9,11,13H2,1-2H3,(H,24,28). The molecule has 1 amide bonds. The van der Waals surface area contributed by atoms with Gasteiger partial charge in [0.2, 0.25) is 0 Å². The molecule has 3 heterocycles. The largest absolute Gasteiger partial charge is 0.371 e. The van der Waals surface area contributed by atoms with Crippen molar-refractivity contribution in [3.05, 3.63) is 52.9 Å². The van der Waals surface area contributed by atoms with Crippen LogP contribution in [0.1, 0.15) is 28.9 Å². The summed E-state index contributed by atoms with van der Waals surface area (Å²) < 4.78 is 1.72. The summed E-state index contributed by atoms with van der Waals surface area (Å²) >= 11 is 6.11. The Morgan fingerprint density at radius 2 is 2.21 bits per heavy atom. The molecule has 1 N–H and O–H groups in total. The average molecular weight is 398 g/mol. The van der Waals surface area contributed by atoms with Crippen LogP contribution in [-0.2, 0) is 7.05 Å². The van der Waals surface area contributed by atoms with Crippen molar-refractivity contribution in [3.8, 4) is 0 Å². The molecule has 2 aromatic heterocycles. The van der Waals surface area contributed by atoms with Gasteiger partial charge in [-0.1, -0.05) is 11.6 Å². The maximum absolute atomic E-state index is 12.5. The molecule has 3 aromatic rings. The van der Waals surface area contributed by atoms with Gasteiger partial charge in [-0.15, -0.1) is 0 Å². The highest BCUT2D eigenvalue weighted by molar-refractivity contribution is 6.31. The van der Waals surface area contributed by atoms with Crippen LogP contribution in [0, 0.1) is 12.8 Å². The van der Waals surface area contributed by atoms with E-state index in [9.17, 15) is 4.79 Å². The van der Waals surface area contributed by atoms with Gasteiger partial charge in [-0.2, -0.15) is 5.10 Å². The normalized spacial score (nSPS) is 17.1. The Morgan fingerprint density at radius 3 is 3.00 bits per heavy atom. The van der Waals surface area contributed by atoms with Crippen molar-refractivity contribution in [3.63, 3.8) is 0 Å². The van der Waals surface area contributed by atoms with E-state index in [0.717, 1.165) is 42.5 Å². The van der Waals surface area contributed by atoms with Gasteiger partial charge in [-0.25, -0.2) is 0 Å². The first kappa shape index (κ1) is 18.7. The highest BCUT2D eigenvalue weighted by atomic mass is 35.5. The number of carbonyl (C=O) groups excluding carboxylic acids is 1. The van der Waals surface area contributed by atoms with Gasteiger partial charge in [0.15, 0.2) is 0 Å². The van der Waals surface area contributed by atoms with Gasteiger partial charge in [0.25, 0.3) is 5.91 Å². The molecule has 1 fully saturated rings. The summed E-state index contributed by atoms with van der Waals surface area (Å²) in [4.78, 5) is 19.3. The van der Waals surface area contributed by atoms with E-state index in [2.05, 4.69) is 26.4 Å². The van der Waals surface area contributed by atoms with Gasteiger partial charge >= 0.3 is 0 Å². The van der Waals surface area contributed by atoms with Crippen LogP contribution in [0.4, 0.5) is 5.69 Å². The zero-order valence-electron chi connectivity index (χ0n) is 16.2. The molecular weight excluding hydrogens is 374 g/mol. The first-order chi connectivity index (χ1) is 13.5. The molecule has 1 atom stereocenters. The van der Waals surface area contributed by atoms with Crippen molar-refractivity contribution in [1.82, 2.24) is 20.1 Å². The van der Waals surface area contributed by atoms with Crippen molar-refractivity contribution in [2.24, 2.45) is 13.0 Å². The van der Waals surface area contributed by atoms with Crippen LogP contribution in [0.25, 0.3) is 10.9 Å². The number of hydrogen-bond acceptors (Lipinski definition) is 4. The van der Waals surface area contributed by atoms with Crippen LogP contribution in [0.15, 0.2) is 36.7 Å². The number of rotatable bonds is 4. The number of nitrogens with zero attached hydrogens (tertiary/aromatic N) is 4. The van der Waals surface area contributed by atoms with Crippen molar-refractivity contribution >= 4 is 34.1 Å². The minimum absolute atomic E-state index is 0.0493. The van der Waals surface area contributed by atoms with E-state index in [1.54, 1.807) is 10.9 Å². The number of pyridine rings is 1. The molecule has 0 saturated carbocycles. The summed E-state index contributed by atoms with van der Waals surface area (Å²) in [5.74, 6) is 0.358. The number of amides is 1. The first-order valence-electron chi connectivity index (χ1n) is 9.59. The van der Waals surface area contributed by atoms with E-state index < -0.39 is 0 Å². The quantitative estimate of drug-likeness (QED) is 0.730. The Balaban J connectivity index is 1.45. The second-order valence-electron chi connectivity index (χ2n) is 7.42.